The monoisotopic (exact) mass is 207 g/mol. The molecule has 0 aromatic carbocycles. The molecule has 46 valence electrons. The molecular formula is C2H7Cl2NOSiTi+2. The third kappa shape index (κ3) is 27.4. The summed E-state index contributed by atoms with van der Waals surface area (Å²) in [7, 11) is 2.87. The third-order valence-electron chi connectivity index (χ3n) is 0.211. The van der Waals surface area contributed by atoms with Crippen molar-refractivity contribution in [1.82, 2.24) is 4.57 Å². The van der Waals surface area contributed by atoms with E-state index in [0.29, 0.717) is 0 Å². The topological polar surface area (TPSA) is 20.3 Å². The molecule has 0 heterocycles. The van der Waals surface area contributed by atoms with E-state index < -0.39 is 9.57 Å². The van der Waals surface area contributed by atoms with E-state index in [1.54, 1.807) is 18.7 Å². The van der Waals surface area contributed by atoms with Crippen molar-refractivity contribution in [1.29, 1.82) is 0 Å². The maximum atomic E-state index is 9.64. The van der Waals surface area contributed by atoms with Crippen LogP contribution in [0.5, 0.6) is 0 Å². The van der Waals surface area contributed by atoms with Crippen LogP contribution in [0.4, 0.5) is 0 Å². The first-order valence-corrected chi connectivity index (χ1v) is 2.38. The Balaban J connectivity index is -0.0000000267. The van der Waals surface area contributed by atoms with Crippen LogP contribution >= 0.6 is 0 Å². The minimum atomic E-state index is -0.685. The predicted molar refractivity (Wildman–Crippen MR) is 21.5 cm³/mol. The van der Waals surface area contributed by atoms with Crippen molar-refractivity contribution >= 4 is 9.57 Å². The minimum absolute atomic E-state index is 0. The zero-order valence-corrected chi connectivity index (χ0v) is 8.92. The molecule has 0 saturated carbocycles. The maximum absolute atomic E-state index is 9.64. The predicted octanol–water partition coefficient (Wildman–Crippen LogP) is -6.75. The molecular weight excluding hydrogens is 201 g/mol. The van der Waals surface area contributed by atoms with Gasteiger partial charge >= 0.3 is 31.3 Å². The van der Waals surface area contributed by atoms with E-state index in [1.165, 1.54) is 0 Å². The van der Waals surface area contributed by atoms with Crippen LogP contribution in [0.2, 0.25) is 0 Å². The number of halogens is 2. The Morgan fingerprint density at radius 3 is 1.38 bits per heavy atom. The van der Waals surface area contributed by atoms with Crippen molar-refractivity contribution in [3.63, 3.8) is 0 Å². The molecule has 0 aliphatic carbocycles. The van der Waals surface area contributed by atoms with Gasteiger partial charge in [0.05, 0.1) is 0 Å². The quantitative estimate of drug-likeness (QED) is 0.399. The zero-order valence-electron chi connectivity index (χ0n) is 4.69. The number of hydrogen-bond donors (Lipinski definition) is 0. The Kier molecular flexibility index (Phi) is 45.0. The Morgan fingerprint density at radius 2 is 1.38 bits per heavy atom. The van der Waals surface area contributed by atoms with Gasteiger partial charge in [-0.15, -0.1) is 0 Å². The normalized spacial score (nSPS) is 4.25. The van der Waals surface area contributed by atoms with Gasteiger partial charge < -0.3 is 33.8 Å². The number of nitrogens with zero attached hydrogens (tertiary/aromatic N) is 1. The molecule has 6 heteroatoms. The van der Waals surface area contributed by atoms with E-state index >= 15 is 0 Å². The van der Waals surface area contributed by atoms with E-state index in [9.17, 15) is 4.46 Å². The summed E-state index contributed by atoms with van der Waals surface area (Å²) in [6.45, 7) is 0. The van der Waals surface area contributed by atoms with Crippen LogP contribution in [-0.4, -0.2) is 28.2 Å². The fraction of sp³-hybridized carbons (Fsp3) is 1.00. The summed E-state index contributed by atoms with van der Waals surface area (Å²) in [5.74, 6) is 0. The second-order valence-corrected chi connectivity index (χ2v) is 2.31. The van der Waals surface area contributed by atoms with E-state index in [4.69, 9.17) is 0 Å². The Labute approximate surface area is 79.1 Å². The van der Waals surface area contributed by atoms with Crippen LogP contribution in [0.1, 0.15) is 0 Å². The molecule has 0 amide bonds. The van der Waals surface area contributed by atoms with Crippen LogP contribution in [0.25, 0.3) is 0 Å². The summed E-state index contributed by atoms with van der Waals surface area (Å²) in [4.78, 5) is 0. The van der Waals surface area contributed by atoms with Crippen molar-refractivity contribution in [2.24, 2.45) is 0 Å². The van der Waals surface area contributed by atoms with Crippen molar-refractivity contribution in [3.8, 4) is 0 Å². The van der Waals surface area contributed by atoms with E-state index in [2.05, 4.69) is 0 Å². The molecule has 8 heavy (non-hydrogen) atoms. The van der Waals surface area contributed by atoms with Gasteiger partial charge in [-0.3, -0.25) is 0 Å². The van der Waals surface area contributed by atoms with Crippen LogP contribution < -0.4 is 24.8 Å². The summed E-state index contributed by atoms with van der Waals surface area (Å²) in [5.41, 5.74) is 0. The summed E-state index contributed by atoms with van der Waals surface area (Å²) in [6.07, 6.45) is 0. The van der Waals surface area contributed by atoms with Gasteiger partial charge in [-0.05, 0) is 14.1 Å². The zero-order chi connectivity index (χ0) is 4.28. The molecule has 0 N–H and O–H groups in total. The molecule has 0 unspecified atom stereocenters. The minimum Gasteiger partial charge on any atom is -1.00 e. The molecule has 0 aliphatic heterocycles. The smallest absolute Gasteiger partial charge is 1.00 e. The number of rotatable bonds is 1. The maximum Gasteiger partial charge on any atom is 4.00 e. The van der Waals surface area contributed by atoms with Gasteiger partial charge in [0, 0.05) is 0 Å². The second kappa shape index (κ2) is 15.7. The Morgan fingerprint density at radius 1 is 1.25 bits per heavy atom. The first-order chi connectivity index (χ1) is 2.27. The van der Waals surface area contributed by atoms with Crippen LogP contribution in [0.3, 0.4) is 0 Å². The van der Waals surface area contributed by atoms with Crippen molar-refractivity contribution in [2.45, 2.75) is 0 Å². The number of hydrogen-bond acceptors (Lipinski definition) is 1. The molecule has 0 aromatic rings. The van der Waals surface area contributed by atoms with E-state index in [1.807, 2.05) is 0 Å². The van der Waals surface area contributed by atoms with E-state index in [0.717, 1.165) is 0 Å². The van der Waals surface area contributed by atoms with Crippen LogP contribution in [-0.2, 0) is 26.2 Å². The van der Waals surface area contributed by atoms with Gasteiger partial charge in [0.2, 0.25) is 0 Å². The molecule has 0 spiro atoms. The van der Waals surface area contributed by atoms with E-state index in [-0.39, 0.29) is 46.5 Å². The molecule has 2 nitrogen and oxygen atoms in total. The summed E-state index contributed by atoms with van der Waals surface area (Å²) in [5, 5.41) is 0. The first kappa shape index (κ1) is 22.9. The standard InChI is InChI=1S/C2H7NOSi.2ClH.Ti/c1-3(2)5-4;;;/h5H,1-2H3;2*1H;/q;;;+4/p-2. The molecule has 0 fully saturated rings. The SMILES string of the molecule is CN(C)[SiH]=O.[Cl-].[Cl-].[Ti+4]. The van der Waals surface area contributed by atoms with Crippen molar-refractivity contribution < 1.29 is 51.0 Å². The fourth-order valence-electron chi connectivity index (χ4n) is 0. The molecule has 0 atom stereocenters. The molecule has 0 radical (unpaired) electrons. The van der Waals surface area contributed by atoms with Crippen LogP contribution in [0.15, 0.2) is 0 Å². The molecule has 0 aliphatic rings. The molecule has 0 saturated heterocycles. The van der Waals surface area contributed by atoms with Gasteiger partial charge in [0.25, 0.3) is 0 Å². The van der Waals surface area contributed by atoms with Gasteiger partial charge in [0.1, 0.15) is 0 Å². The fourth-order valence-corrected chi connectivity index (χ4v) is 0. The molecule has 0 bridgehead atoms. The van der Waals surface area contributed by atoms with Crippen LogP contribution in [0, 0.1) is 0 Å². The summed E-state index contributed by atoms with van der Waals surface area (Å²) >= 11 is 0. The summed E-state index contributed by atoms with van der Waals surface area (Å²) in [6, 6.07) is 0. The van der Waals surface area contributed by atoms with Gasteiger partial charge in [0.15, 0.2) is 0 Å². The largest absolute Gasteiger partial charge is 4.00 e. The van der Waals surface area contributed by atoms with Gasteiger partial charge in [-0.25, -0.2) is 0 Å². The van der Waals surface area contributed by atoms with Gasteiger partial charge in [-0.1, -0.05) is 0 Å². The molecule has 0 rings (SSSR count). The van der Waals surface area contributed by atoms with Crippen molar-refractivity contribution in [2.75, 3.05) is 14.1 Å². The third-order valence-corrected chi connectivity index (χ3v) is 0.632. The Hall–Kier alpha value is 1.11. The van der Waals surface area contributed by atoms with Crippen molar-refractivity contribution in [3.05, 3.63) is 0 Å². The average Bonchev–Trinajstić information content (AvgIpc) is 1.38. The summed E-state index contributed by atoms with van der Waals surface area (Å²) < 4.78 is 11.3. The Bertz CT molecular complexity index is 47.0. The van der Waals surface area contributed by atoms with Gasteiger partial charge in [-0.2, -0.15) is 0 Å². The first-order valence-electron chi connectivity index (χ1n) is 1.39. The molecule has 0 aromatic heterocycles. The second-order valence-electron chi connectivity index (χ2n) is 1.07. The average molecular weight is 208 g/mol.